The molecule has 0 spiro atoms. The third kappa shape index (κ3) is 1.37. The molecule has 2 aromatic carbocycles. The molecule has 0 fully saturated rings. The molecule has 0 amide bonds. The maximum atomic E-state index is 3.56. The molecular formula is C28H19. The summed E-state index contributed by atoms with van der Waals surface area (Å²) in [5, 5.41) is 0. The summed E-state index contributed by atoms with van der Waals surface area (Å²) < 4.78 is 0. The normalized spacial score (nSPS) is 29.3. The van der Waals surface area contributed by atoms with Crippen molar-refractivity contribution in [2.75, 3.05) is 0 Å². The second-order valence-electron chi connectivity index (χ2n) is 9.15. The Labute approximate surface area is 165 Å². The van der Waals surface area contributed by atoms with E-state index in [0.717, 1.165) is 0 Å². The van der Waals surface area contributed by atoms with Crippen molar-refractivity contribution in [2.45, 2.75) is 31.6 Å². The largest absolute Gasteiger partial charge is 0.0613 e. The molecule has 3 atom stereocenters. The zero-order valence-electron chi connectivity index (χ0n) is 15.8. The van der Waals surface area contributed by atoms with E-state index in [-0.39, 0.29) is 0 Å². The Kier molecular flexibility index (Phi) is 2.23. The molecule has 0 saturated heterocycles. The Morgan fingerprint density at radius 1 is 0.929 bits per heavy atom. The van der Waals surface area contributed by atoms with Gasteiger partial charge in [0.15, 0.2) is 0 Å². The molecule has 2 aromatic rings. The van der Waals surface area contributed by atoms with Gasteiger partial charge < -0.3 is 0 Å². The first-order valence-corrected chi connectivity index (χ1v) is 10.6. The van der Waals surface area contributed by atoms with Gasteiger partial charge in [0.25, 0.3) is 0 Å². The number of benzene rings is 2. The minimum absolute atomic E-state index is 0.493. The van der Waals surface area contributed by atoms with Gasteiger partial charge in [-0.05, 0) is 93.2 Å². The van der Waals surface area contributed by atoms with E-state index in [0.29, 0.717) is 17.8 Å². The molecule has 1 radical (unpaired) electrons. The first-order chi connectivity index (χ1) is 13.8. The highest BCUT2D eigenvalue weighted by atomic mass is 14.5. The van der Waals surface area contributed by atoms with Crippen molar-refractivity contribution in [3.05, 3.63) is 122 Å². The molecule has 131 valence electrons. The summed E-state index contributed by atoms with van der Waals surface area (Å²) in [7, 11) is 0. The van der Waals surface area contributed by atoms with Crippen LogP contribution in [-0.2, 0) is 0 Å². The molecule has 0 nitrogen and oxygen atoms in total. The van der Waals surface area contributed by atoms with Crippen LogP contribution in [0.15, 0.2) is 88.1 Å². The average molecular weight is 355 g/mol. The maximum Gasteiger partial charge on any atom is 0.0324 e. The van der Waals surface area contributed by atoms with Crippen LogP contribution in [0.3, 0.4) is 0 Å². The van der Waals surface area contributed by atoms with Crippen LogP contribution in [0.4, 0.5) is 0 Å². The molecule has 0 saturated carbocycles. The number of hydrogen-bond acceptors (Lipinski definition) is 0. The first-order valence-electron chi connectivity index (χ1n) is 10.6. The maximum absolute atomic E-state index is 3.56. The van der Waals surface area contributed by atoms with Gasteiger partial charge in [0.2, 0.25) is 0 Å². The van der Waals surface area contributed by atoms with E-state index < -0.39 is 0 Å². The number of allylic oxidation sites excluding steroid dienone is 10. The smallest absolute Gasteiger partial charge is 0.0324 e. The summed E-state index contributed by atoms with van der Waals surface area (Å²) >= 11 is 0. The van der Waals surface area contributed by atoms with Crippen LogP contribution in [-0.4, -0.2) is 0 Å². The molecular weight excluding hydrogens is 336 g/mol. The van der Waals surface area contributed by atoms with Gasteiger partial charge in [0, 0.05) is 17.8 Å². The van der Waals surface area contributed by atoms with E-state index >= 15 is 0 Å². The molecule has 7 aliphatic rings. The molecule has 0 heterocycles. The SMILES string of the molecule is CC1=C2C=C3C=CC4=C3C2=C(c2ccc3c(c2)C2CCC3c3[c]cccc32)C14. The highest BCUT2D eigenvalue weighted by Crippen LogP contribution is 2.63. The van der Waals surface area contributed by atoms with Crippen LogP contribution in [0, 0.1) is 12.0 Å². The van der Waals surface area contributed by atoms with Crippen LogP contribution in [0.1, 0.15) is 59.4 Å². The monoisotopic (exact) mass is 355 g/mol. The van der Waals surface area contributed by atoms with Crippen molar-refractivity contribution >= 4 is 5.57 Å². The lowest BCUT2D eigenvalue weighted by Crippen LogP contribution is -2.25. The Hall–Kier alpha value is -2.86. The molecule has 0 aromatic heterocycles. The molecule has 4 bridgehead atoms. The van der Waals surface area contributed by atoms with E-state index in [4.69, 9.17) is 0 Å². The lowest BCUT2D eigenvalue weighted by atomic mass is 9.63. The van der Waals surface area contributed by atoms with Gasteiger partial charge in [-0.15, -0.1) is 0 Å². The van der Waals surface area contributed by atoms with Crippen molar-refractivity contribution in [2.24, 2.45) is 5.92 Å². The fourth-order valence-corrected chi connectivity index (χ4v) is 7.03. The summed E-state index contributed by atoms with van der Waals surface area (Å²) in [5.41, 5.74) is 18.3. The second-order valence-corrected chi connectivity index (χ2v) is 9.15. The molecule has 7 aliphatic carbocycles. The van der Waals surface area contributed by atoms with Gasteiger partial charge in [0.1, 0.15) is 0 Å². The summed E-state index contributed by atoms with van der Waals surface area (Å²) in [4.78, 5) is 0. The summed E-state index contributed by atoms with van der Waals surface area (Å²) in [6.07, 6.45) is 9.66. The fourth-order valence-electron chi connectivity index (χ4n) is 7.03. The Bertz CT molecular complexity index is 1320. The molecule has 0 aliphatic heterocycles. The minimum atomic E-state index is 0.493. The number of rotatable bonds is 1. The van der Waals surface area contributed by atoms with Gasteiger partial charge in [-0.1, -0.05) is 54.1 Å². The van der Waals surface area contributed by atoms with Crippen LogP contribution < -0.4 is 0 Å². The number of fused-ring (bicyclic) bond motifs is 3. The molecule has 28 heavy (non-hydrogen) atoms. The highest BCUT2D eigenvalue weighted by molar-refractivity contribution is 6.00. The van der Waals surface area contributed by atoms with E-state index in [2.05, 4.69) is 67.6 Å². The predicted molar refractivity (Wildman–Crippen MR) is 112 cm³/mol. The topological polar surface area (TPSA) is 0 Å². The third-order valence-corrected chi connectivity index (χ3v) is 8.10. The molecule has 9 rings (SSSR count). The quantitative estimate of drug-likeness (QED) is 0.557. The zero-order valence-corrected chi connectivity index (χ0v) is 15.8. The van der Waals surface area contributed by atoms with Crippen LogP contribution in [0.5, 0.6) is 0 Å². The number of hydrogen-bond donors (Lipinski definition) is 0. The van der Waals surface area contributed by atoms with Gasteiger partial charge in [0.05, 0.1) is 0 Å². The van der Waals surface area contributed by atoms with Gasteiger partial charge in [-0.3, -0.25) is 0 Å². The Balaban J connectivity index is 1.32. The van der Waals surface area contributed by atoms with Crippen LogP contribution in [0.2, 0.25) is 0 Å². The standard InChI is InChI=1S/C28H19/c1-14-23-12-15-7-9-22-25(14)27(28(23)26(15)22)16-6-8-20-19-10-11-21(24(20)13-16)18-5-3-2-4-17(18)19/h2-3,5-9,12-13,19,21,25H,10-11H2,1H3. The first kappa shape index (κ1) is 14.2. The lowest BCUT2D eigenvalue weighted by molar-refractivity contribution is 0.519. The van der Waals surface area contributed by atoms with Crippen molar-refractivity contribution in [3.8, 4) is 0 Å². The van der Waals surface area contributed by atoms with Crippen LogP contribution in [0.25, 0.3) is 5.57 Å². The Morgan fingerprint density at radius 3 is 2.82 bits per heavy atom. The minimum Gasteiger partial charge on any atom is -0.0613 e. The average Bonchev–Trinajstić information content (AvgIpc) is 3.44. The zero-order chi connectivity index (χ0) is 18.1. The van der Waals surface area contributed by atoms with E-state index in [9.17, 15) is 0 Å². The van der Waals surface area contributed by atoms with Gasteiger partial charge in [-0.2, -0.15) is 0 Å². The van der Waals surface area contributed by atoms with Gasteiger partial charge in [-0.25, -0.2) is 0 Å². The summed E-state index contributed by atoms with van der Waals surface area (Å²) in [6, 6.07) is 17.6. The van der Waals surface area contributed by atoms with Crippen LogP contribution >= 0.6 is 0 Å². The third-order valence-electron chi connectivity index (χ3n) is 8.10. The molecule has 3 unspecified atom stereocenters. The van der Waals surface area contributed by atoms with Crippen molar-refractivity contribution in [3.63, 3.8) is 0 Å². The van der Waals surface area contributed by atoms with Crippen molar-refractivity contribution in [1.29, 1.82) is 0 Å². The molecule has 0 N–H and O–H groups in total. The van der Waals surface area contributed by atoms with E-state index in [1.807, 2.05) is 0 Å². The highest BCUT2D eigenvalue weighted by Gasteiger charge is 2.47. The summed E-state index contributed by atoms with van der Waals surface area (Å²) in [5.74, 6) is 1.60. The van der Waals surface area contributed by atoms with E-state index in [1.165, 1.54) is 40.7 Å². The lowest BCUT2D eigenvalue weighted by Gasteiger charge is -2.40. The summed E-state index contributed by atoms with van der Waals surface area (Å²) in [6.45, 7) is 2.34. The Morgan fingerprint density at radius 2 is 1.86 bits per heavy atom. The second kappa shape index (κ2) is 4.41. The molecule has 0 heteroatoms. The van der Waals surface area contributed by atoms with Crippen molar-refractivity contribution < 1.29 is 0 Å². The van der Waals surface area contributed by atoms with E-state index in [1.54, 1.807) is 39.0 Å². The van der Waals surface area contributed by atoms with Crippen molar-refractivity contribution in [1.82, 2.24) is 0 Å². The van der Waals surface area contributed by atoms with Gasteiger partial charge >= 0.3 is 0 Å². The fraction of sp³-hybridized carbons (Fsp3) is 0.214. The predicted octanol–water partition coefficient (Wildman–Crippen LogP) is 6.38.